The van der Waals surface area contributed by atoms with Crippen molar-refractivity contribution in [2.75, 3.05) is 0 Å². The van der Waals surface area contributed by atoms with Gasteiger partial charge in [-0.3, -0.25) is 4.79 Å². The number of ketones is 1. The van der Waals surface area contributed by atoms with E-state index in [0.717, 1.165) is 24.0 Å². The van der Waals surface area contributed by atoms with Crippen LogP contribution in [0.4, 0.5) is 0 Å². The third-order valence-corrected chi connectivity index (χ3v) is 1.86. The summed E-state index contributed by atoms with van der Waals surface area (Å²) in [6, 6.07) is 0. The van der Waals surface area contributed by atoms with Gasteiger partial charge >= 0.3 is 0 Å². The van der Waals surface area contributed by atoms with Gasteiger partial charge in [0.25, 0.3) is 0 Å². The molecule has 0 radical (unpaired) electrons. The minimum Gasteiger partial charge on any atom is -0.295 e. The van der Waals surface area contributed by atoms with Gasteiger partial charge < -0.3 is 0 Å². The summed E-state index contributed by atoms with van der Waals surface area (Å²) in [6.45, 7) is 9.29. The van der Waals surface area contributed by atoms with Gasteiger partial charge in [0, 0.05) is 5.57 Å². The molecule has 0 N–H and O–H groups in total. The summed E-state index contributed by atoms with van der Waals surface area (Å²) >= 11 is 0. The third-order valence-electron chi connectivity index (χ3n) is 1.86. The Hall–Kier alpha value is -1.11. The minimum atomic E-state index is 0.129. The second-order valence-corrected chi connectivity index (χ2v) is 3.10. The maximum absolute atomic E-state index is 11.2. The molecule has 0 saturated carbocycles. The van der Waals surface area contributed by atoms with Gasteiger partial charge in [0.2, 0.25) is 0 Å². The fourth-order valence-corrected chi connectivity index (χ4v) is 1.23. The topological polar surface area (TPSA) is 17.1 Å². The molecule has 0 amide bonds. The highest BCUT2D eigenvalue weighted by molar-refractivity contribution is 5.96. The first-order valence-electron chi connectivity index (χ1n) is 4.63. The Kier molecular flexibility index (Phi) is 5.86. The van der Waals surface area contributed by atoms with Crippen molar-refractivity contribution < 1.29 is 4.79 Å². The van der Waals surface area contributed by atoms with E-state index in [4.69, 9.17) is 0 Å². The van der Waals surface area contributed by atoms with Crippen LogP contribution in [0.5, 0.6) is 0 Å². The van der Waals surface area contributed by atoms with Crippen LogP contribution in [0, 0.1) is 0 Å². The van der Waals surface area contributed by atoms with Crippen molar-refractivity contribution in [1.29, 1.82) is 0 Å². The molecule has 1 nitrogen and oxygen atoms in total. The molecule has 13 heavy (non-hydrogen) atoms. The lowest BCUT2D eigenvalue weighted by Gasteiger charge is -2.03. The van der Waals surface area contributed by atoms with Crippen molar-refractivity contribution in [1.82, 2.24) is 0 Å². The van der Waals surface area contributed by atoms with Crippen LogP contribution in [0.25, 0.3) is 0 Å². The van der Waals surface area contributed by atoms with Crippen LogP contribution in [0.3, 0.4) is 0 Å². The summed E-state index contributed by atoms with van der Waals surface area (Å²) < 4.78 is 0. The molecule has 0 aromatic heterocycles. The summed E-state index contributed by atoms with van der Waals surface area (Å²) in [6.07, 6.45) is 7.37. The molecular weight excluding hydrogens is 160 g/mol. The van der Waals surface area contributed by atoms with E-state index in [9.17, 15) is 4.79 Å². The molecule has 0 fully saturated rings. The van der Waals surface area contributed by atoms with Crippen LogP contribution in [0.15, 0.2) is 36.0 Å². The van der Waals surface area contributed by atoms with Crippen LogP contribution in [0.2, 0.25) is 0 Å². The number of hydrogen-bond donors (Lipinski definition) is 0. The van der Waals surface area contributed by atoms with Crippen molar-refractivity contribution in [2.45, 2.75) is 33.6 Å². The fraction of sp³-hybridized carbons (Fsp3) is 0.417. The van der Waals surface area contributed by atoms with Gasteiger partial charge in [0.05, 0.1) is 0 Å². The number of Topliss-reactive ketones (excluding diaryl/α,β-unsaturated/α-hetero) is 1. The molecule has 72 valence electrons. The van der Waals surface area contributed by atoms with Crippen LogP contribution in [-0.4, -0.2) is 5.78 Å². The zero-order valence-electron chi connectivity index (χ0n) is 8.76. The Bertz CT molecular complexity index is 244. The monoisotopic (exact) mass is 178 g/mol. The molecule has 0 rings (SSSR count). The maximum atomic E-state index is 11.2. The number of carbonyl (C=O) groups excluding carboxylic acids is 1. The summed E-state index contributed by atoms with van der Waals surface area (Å²) in [5, 5.41) is 0. The molecule has 0 bridgehead atoms. The molecule has 0 heterocycles. The number of carbonyl (C=O) groups is 1. The molecule has 0 aromatic carbocycles. The van der Waals surface area contributed by atoms with Crippen LogP contribution in [-0.2, 0) is 4.79 Å². The fourth-order valence-electron chi connectivity index (χ4n) is 1.23. The van der Waals surface area contributed by atoms with E-state index in [-0.39, 0.29) is 5.78 Å². The highest BCUT2D eigenvalue weighted by atomic mass is 16.1. The van der Waals surface area contributed by atoms with E-state index in [1.165, 1.54) is 0 Å². The molecule has 0 spiro atoms. The quantitative estimate of drug-likeness (QED) is 0.465. The van der Waals surface area contributed by atoms with Crippen molar-refractivity contribution in [2.24, 2.45) is 0 Å². The van der Waals surface area contributed by atoms with E-state index in [2.05, 4.69) is 13.5 Å². The summed E-state index contributed by atoms with van der Waals surface area (Å²) in [5.41, 5.74) is 1.98. The van der Waals surface area contributed by atoms with E-state index in [0.29, 0.717) is 0 Å². The zero-order valence-corrected chi connectivity index (χ0v) is 8.76. The lowest BCUT2D eigenvalue weighted by molar-refractivity contribution is -0.113. The molecule has 1 heteroatoms. The summed E-state index contributed by atoms with van der Waals surface area (Å²) in [5.74, 6) is 0.129. The molecule has 0 saturated heterocycles. The molecule has 0 aliphatic carbocycles. The third kappa shape index (κ3) is 4.46. The van der Waals surface area contributed by atoms with Crippen molar-refractivity contribution in [3.8, 4) is 0 Å². The largest absolute Gasteiger partial charge is 0.295 e. The first kappa shape index (κ1) is 11.9. The normalized spacial score (nSPS) is 12.8. The van der Waals surface area contributed by atoms with Gasteiger partial charge in [-0.2, -0.15) is 0 Å². The van der Waals surface area contributed by atoms with Gasteiger partial charge in [0.1, 0.15) is 0 Å². The number of hydrogen-bond acceptors (Lipinski definition) is 1. The molecule has 0 aromatic rings. The molecular formula is C12H18O. The average Bonchev–Trinajstić information content (AvgIpc) is 2.05. The van der Waals surface area contributed by atoms with Gasteiger partial charge in [-0.05, 0) is 20.3 Å². The first-order valence-corrected chi connectivity index (χ1v) is 4.63. The molecule has 0 aliphatic rings. The average molecular weight is 178 g/mol. The lowest BCUT2D eigenvalue weighted by atomic mass is 10.0. The standard InChI is InChI=1S/C12H18O/c1-5-7-9-12(11(4)13)10(3)8-6-2/h5,7,9H,1,6,8H2,2-4H3/b9-7-,12-10-. The zero-order chi connectivity index (χ0) is 10.3. The van der Waals surface area contributed by atoms with Crippen LogP contribution < -0.4 is 0 Å². The molecule has 0 aliphatic heterocycles. The molecule has 0 unspecified atom stereocenters. The van der Waals surface area contributed by atoms with E-state index < -0.39 is 0 Å². The highest BCUT2D eigenvalue weighted by Crippen LogP contribution is 2.12. The number of allylic oxidation sites excluding steroid dienone is 5. The summed E-state index contributed by atoms with van der Waals surface area (Å²) in [7, 11) is 0. The second kappa shape index (κ2) is 6.41. The smallest absolute Gasteiger partial charge is 0.159 e. The van der Waals surface area contributed by atoms with Crippen molar-refractivity contribution >= 4 is 5.78 Å². The number of rotatable bonds is 5. The van der Waals surface area contributed by atoms with Gasteiger partial charge in [0.15, 0.2) is 5.78 Å². The van der Waals surface area contributed by atoms with Gasteiger partial charge in [-0.1, -0.05) is 43.7 Å². The van der Waals surface area contributed by atoms with E-state index in [1.54, 1.807) is 19.1 Å². The van der Waals surface area contributed by atoms with Crippen LogP contribution in [0.1, 0.15) is 33.6 Å². The predicted molar refractivity (Wildman–Crippen MR) is 57.6 cm³/mol. The lowest BCUT2D eigenvalue weighted by Crippen LogP contribution is -1.97. The van der Waals surface area contributed by atoms with Crippen molar-refractivity contribution in [3.63, 3.8) is 0 Å². The van der Waals surface area contributed by atoms with E-state index in [1.807, 2.05) is 13.0 Å². The SMILES string of the molecule is C=C/C=C\C(C(C)=O)=C(/C)CCC. The minimum absolute atomic E-state index is 0.129. The summed E-state index contributed by atoms with van der Waals surface area (Å²) in [4.78, 5) is 11.2. The second-order valence-electron chi connectivity index (χ2n) is 3.10. The Morgan fingerprint density at radius 3 is 2.38 bits per heavy atom. The van der Waals surface area contributed by atoms with Crippen LogP contribution >= 0.6 is 0 Å². The predicted octanol–water partition coefficient (Wildman–Crippen LogP) is 3.43. The molecule has 0 atom stereocenters. The maximum Gasteiger partial charge on any atom is 0.159 e. The van der Waals surface area contributed by atoms with Gasteiger partial charge in [-0.25, -0.2) is 0 Å². The Balaban J connectivity index is 4.76. The van der Waals surface area contributed by atoms with E-state index >= 15 is 0 Å². The Labute approximate surface area is 80.8 Å². The Morgan fingerprint density at radius 2 is 2.00 bits per heavy atom. The first-order chi connectivity index (χ1) is 6.13. The van der Waals surface area contributed by atoms with Crippen molar-refractivity contribution in [3.05, 3.63) is 36.0 Å². The Morgan fingerprint density at radius 1 is 1.38 bits per heavy atom. The highest BCUT2D eigenvalue weighted by Gasteiger charge is 2.03. The van der Waals surface area contributed by atoms with Gasteiger partial charge in [-0.15, -0.1) is 0 Å².